The Labute approximate surface area is 108 Å². The van der Waals surface area contributed by atoms with Crippen LogP contribution >= 0.6 is 0 Å². The van der Waals surface area contributed by atoms with Crippen LogP contribution in [0.15, 0.2) is 24.3 Å². The van der Waals surface area contributed by atoms with Gasteiger partial charge in [-0.2, -0.15) is 0 Å². The zero-order valence-electron chi connectivity index (χ0n) is 6.36. The maximum absolute atomic E-state index is 8.95. The average Bonchev–Trinajstić information content (AvgIpc) is 1.89. The van der Waals surface area contributed by atoms with Crippen LogP contribution in [0.3, 0.4) is 0 Å². The van der Waals surface area contributed by atoms with Gasteiger partial charge in [-0.3, -0.25) is 0 Å². The van der Waals surface area contributed by atoms with E-state index < -0.39 is 0 Å². The summed E-state index contributed by atoms with van der Waals surface area (Å²) in [5.41, 5.74) is 0.567. The Bertz CT molecular complexity index is 203. The number of phenols is 1. The van der Waals surface area contributed by atoms with Crippen molar-refractivity contribution in [1.82, 2.24) is 0 Å². The molecule has 56 valence electrons. The summed E-state index contributed by atoms with van der Waals surface area (Å²) in [6.45, 7) is -0.104. The third-order valence-corrected chi connectivity index (χ3v) is 1.16. The molecule has 1 aromatic rings. The number of para-hydroxylation sites is 1. The molecule has 0 saturated carbocycles. The zero-order valence-corrected chi connectivity index (χ0v) is 9.48. The van der Waals surface area contributed by atoms with Crippen LogP contribution in [0.2, 0.25) is 0 Å². The second-order valence-electron chi connectivity index (χ2n) is 1.79. The fourth-order valence-corrected chi connectivity index (χ4v) is 0.645. The zero-order chi connectivity index (χ0) is 6.69. The molecule has 11 heavy (non-hydrogen) atoms. The Balaban J connectivity index is 0. The monoisotopic (exact) mass is 180 g/mol. The molecular weight excluding hydrogens is 171 g/mol. The Hall–Kier alpha value is 0.576. The van der Waals surface area contributed by atoms with Gasteiger partial charge in [-0.1, -0.05) is 18.2 Å². The van der Waals surface area contributed by atoms with Gasteiger partial charge in [0.1, 0.15) is 5.75 Å². The van der Waals surface area contributed by atoms with E-state index in [0.29, 0.717) is 5.56 Å². The maximum atomic E-state index is 8.95. The molecule has 0 unspecified atom stereocenters. The predicted molar refractivity (Wildman–Crippen MR) is 36.0 cm³/mol. The second-order valence-corrected chi connectivity index (χ2v) is 1.79. The Kier molecular flexibility index (Phi) is 9.29. The first-order valence-electron chi connectivity index (χ1n) is 2.72. The number of benzene rings is 1. The van der Waals surface area contributed by atoms with E-state index in [-0.39, 0.29) is 69.2 Å². The minimum absolute atomic E-state index is 0. The van der Waals surface area contributed by atoms with E-state index in [9.17, 15) is 0 Å². The van der Waals surface area contributed by atoms with E-state index in [1.165, 1.54) is 0 Å². The molecule has 1 rings (SSSR count). The van der Waals surface area contributed by atoms with Gasteiger partial charge in [-0.15, -0.1) is 0 Å². The molecule has 0 fully saturated rings. The van der Waals surface area contributed by atoms with Gasteiger partial charge in [0.15, 0.2) is 0 Å². The first-order chi connectivity index (χ1) is 4.34. The standard InChI is InChI=1S/C7H8O2.K.H2O/c8-5-6-3-1-2-4-7(6)9;;/h1-4,8-9H,5H2;;1H2/q;+1;/p-1. The first-order valence-corrected chi connectivity index (χ1v) is 2.72. The molecule has 0 radical (unpaired) electrons. The van der Waals surface area contributed by atoms with Crippen molar-refractivity contribution >= 4 is 0 Å². The number of aliphatic hydroxyl groups is 1. The van der Waals surface area contributed by atoms with Crippen molar-refractivity contribution in [3.63, 3.8) is 0 Å². The number of aromatic hydroxyl groups is 1. The summed E-state index contributed by atoms with van der Waals surface area (Å²) in [4.78, 5) is 0. The molecule has 0 atom stereocenters. The molecule has 3 nitrogen and oxygen atoms in total. The minimum Gasteiger partial charge on any atom is -0.870 e. The Morgan fingerprint density at radius 2 is 1.73 bits per heavy atom. The van der Waals surface area contributed by atoms with Crippen LogP contribution in [-0.4, -0.2) is 15.7 Å². The molecule has 0 spiro atoms. The first kappa shape index (κ1) is 14.1. The molecule has 4 heteroatoms. The molecule has 0 bridgehead atoms. The van der Waals surface area contributed by atoms with E-state index in [1.54, 1.807) is 24.3 Å². The van der Waals surface area contributed by atoms with Gasteiger partial charge >= 0.3 is 51.4 Å². The smallest absolute Gasteiger partial charge is 0.870 e. The third kappa shape index (κ3) is 4.22. The molecule has 0 heterocycles. The minimum atomic E-state index is -0.104. The molecule has 0 aromatic heterocycles. The van der Waals surface area contributed by atoms with E-state index in [4.69, 9.17) is 10.2 Å². The maximum Gasteiger partial charge on any atom is 1.00 e. The number of aliphatic hydroxyl groups excluding tert-OH is 1. The van der Waals surface area contributed by atoms with Gasteiger partial charge in [-0.25, -0.2) is 0 Å². The fraction of sp³-hybridized carbons (Fsp3) is 0.143. The quantitative estimate of drug-likeness (QED) is 0.478. The van der Waals surface area contributed by atoms with Gasteiger partial charge in [-0.05, 0) is 6.07 Å². The summed E-state index contributed by atoms with van der Waals surface area (Å²) in [5.74, 6) is 0.153. The fourth-order valence-electron chi connectivity index (χ4n) is 0.645. The van der Waals surface area contributed by atoms with Gasteiger partial charge in [0.2, 0.25) is 0 Å². The van der Waals surface area contributed by atoms with Crippen molar-refractivity contribution in [2.75, 3.05) is 0 Å². The van der Waals surface area contributed by atoms with E-state index in [0.717, 1.165) is 0 Å². The van der Waals surface area contributed by atoms with Crippen molar-refractivity contribution in [2.24, 2.45) is 0 Å². The van der Waals surface area contributed by atoms with Crippen molar-refractivity contribution in [1.29, 1.82) is 0 Å². The van der Waals surface area contributed by atoms with E-state index in [2.05, 4.69) is 0 Å². The van der Waals surface area contributed by atoms with Crippen LogP contribution < -0.4 is 51.4 Å². The van der Waals surface area contributed by atoms with Crippen molar-refractivity contribution in [2.45, 2.75) is 6.61 Å². The summed E-state index contributed by atoms with van der Waals surface area (Å²) in [5, 5.41) is 17.5. The molecule has 0 aliphatic carbocycles. The number of hydrogen-bond donors (Lipinski definition) is 2. The van der Waals surface area contributed by atoms with Crippen LogP contribution in [0.1, 0.15) is 5.56 Å². The average molecular weight is 180 g/mol. The van der Waals surface area contributed by atoms with E-state index >= 15 is 0 Å². The summed E-state index contributed by atoms with van der Waals surface area (Å²) in [7, 11) is 0. The summed E-state index contributed by atoms with van der Waals surface area (Å²) >= 11 is 0. The second kappa shape index (κ2) is 7.24. The van der Waals surface area contributed by atoms with E-state index in [1.807, 2.05) is 0 Å². The Morgan fingerprint density at radius 1 is 1.18 bits per heavy atom. The molecule has 0 aliphatic heterocycles. The molecule has 0 aliphatic rings. The Morgan fingerprint density at radius 3 is 2.09 bits per heavy atom. The summed E-state index contributed by atoms with van der Waals surface area (Å²) in [6, 6.07) is 6.71. The van der Waals surface area contributed by atoms with Crippen LogP contribution in [0.4, 0.5) is 0 Å². The largest absolute Gasteiger partial charge is 1.00 e. The van der Waals surface area contributed by atoms with Crippen LogP contribution in [0.25, 0.3) is 0 Å². The molecule has 1 aromatic carbocycles. The summed E-state index contributed by atoms with van der Waals surface area (Å²) < 4.78 is 0. The molecule has 0 amide bonds. The summed E-state index contributed by atoms with van der Waals surface area (Å²) in [6.07, 6.45) is 0. The number of hydrogen-bond acceptors (Lipinski definition) is 3. The number of rotatable bonds is 1. The normalized spacial score (nSPS) is 7.73. The van der Waals surface area contributed by atoms with Crippen molar-refractivity contribution in [3.8, 4) is 5.75 Å². The molecule has 0 saturated heterocycles. The third-order valence-electron chi connectivity index (χ3n) is 1.16. The molecule has 3 N–H and O–H groups in total. The topological polar surface area (TPSA) is 70.5 Å². The van der Waals surface area contributed by atoms with Gasteiger partial charge in [0.05, 0.1) is 6.61 Å². The van der Waals surface area contributed by atoms with Crippen molar-refractivity contribution < 1.29 is 67.1 Å². The van der Waals surface area contributed by atoms with Crippen LogP contribution in [0.5, 0.6) is 5.75 Å². The van der Waals surface area contributed by atoms with Crippen LogP contribution in [-0.2, 0) is 6.61 Å². The van der Waals surface area contributed by atoms with Gasteiger partial charge < -0.3 is 15.7 Å². The van der Waals surface area contributed by atoms with Gasteiger partial charge in [0, 0.05) is 5.56 Å². The molecular formula is C7H9KO3. The van der Waals surface area contributed by atoms with Crippen LogP contribution in [0, 0.1) is 0 Å². The SMILES string of the molecule is OCc1ccccc1O.[K+].[OH-]. The van der Waals surface area contributed by atoms with Gasteiger partial charge in [0.25, 0.3) is 0 Å². The van der Waals surface area contributed by atoms with Crippen molar-refractivity contribution in [3.05, 3.63) is 29.8 Å². The predicted octanol–water partition coefficient (Wildman–Crippen LogP) is -2.29.